The zero-order valence-corrected chi connectivity index (χ0v) is 20.3. The Bertz CT molecular complexity index is 1370. The van der Waals surface area contributed by atoms with E-state index >= 15 is 0 Å². The molecule has 180 valence electrons. The molecular weight excluding hydrogens is 468 g/mol. The summed E-state index contributed by atoms with van der Waals surface area (Å²) in [6, 6.07) is 14.6. The van der Waals surface area contributed by atoms with E-state index in [1.165, 1.54) is 18.9 Å². The van der Waals surface area contributed by atoms with Gasteiger partial charge in [-0.15, -0.1) is 0 Å². The molecule has 0 saturated heterocycles. The fourth-order valence-electron chi connectivity index (χ4n) is 3.63. The fourth-order valence-corrected chi connectivity index (χ4v) is 4.66. The first kappa shape index (κ1) is 24.2. The van der Waals surface area contributed by atoms with E-state index in [1.54, 1.807) is 48.9 Å². The second kappa shape index (κ2) is 10.5. The standard InChI is InChI=1S/C26H24N2O6S/c1-4-34-26(31)23-24(30)21(35-25(23)27-17-9-11-18(32-2)12-10-17)13-16-14-28(15-22(29)33-3)20-8-6-5-7-19(16)20/h5-14,30H,4,15H2,1-3H3/b21-13-,27-25?. The summed E-state index contributed by atoms with van der Waals surface area (Å²) in [7, 11) is 2.92. The number of carbonyl (C=O) groups is 2. The lowest BCUT2D eigenvalue weighted by atomic mass is 10.1. The number of hydrogen-bond donors (Lipinski definition) is 1. The molecule has 0 unspecified atom stereocenters. The van der Waals surface area contributed by atoms with Crippen molar-refractivity contribution in [1.29, 1.82) is 0 Å². The first-order chi connectivity index (χ1) is 16.9. The highest BCUT2D eigenvalue weighted by Crippen LogP contribution is 2.41. The van der Waals surface area contributed by atoms with Gasteiger partial charge in [0.25, 0.3) is 0 Å². The number of methoxy groups -OCH3 is 2. The summed E-state index contributed by atoms with van der Waals surface area (Å²) in [5.74, 6) is -0.547. The molecule has 0 bridgehead atoms. The second-order valence-electron chi connectivity index (χ2n) is 7.48. The average Bonchev–Trinajstić information content (AvgIpc) is 3.36. The van der Waals surface area contributed by atoms with Crippen LogP contribution >= 0.6 is 11.8 Å². The Hall–Kier alpha value is -3.98. The van der Waals surface area contributed by atoms with Gasteiger partial charge in [0.05, 0.1) is 31.4 Å². The minimum Gasteiger partial charge on any atom is -0.506 e. The molecule has 8 nitrogen and oxygen atoms in total. The van der Waals surface area contributed by atoms with Crippen LogP contribution in [0.5, 0.6) is 5.75 Å². The first-order valence-corrected chi connectivity index (χ1v) is 11.6. The van der Waals surface area contributed by atoms with Gasteiger partial charge in [0.15, 0.2) is 0 Å². The van der Waals surface area contributed by atoms with E-state index < -0.39 is 5.97 Å². The Morgan fingerprint density at radius 1 is 1.11 bits per heavy atom. The predicted molar refractivity (Wildman–Crippen MR) is 136 cm³/mol. The molecule has 3 aromatic rings. The number of hydrogen-bond acceptors (Lipinski definition) is 8. The molecule has 0 aliphatic carbocycles. The highest BCUT2D eigenvalue weighted by molar-refractivity contribution is 8.18. The van der Waals surface area contributed by atoms with Crippen LogP contribution in [-0.4, -0.2) is 47.5 Å². The van der Waals surface area contributed by atoms with E-state index in [-0.39, 0.29) is 30.5 Å². The lowest BCUT2D eigenvalue weighted by Crippen LogP contribution is -2.12. The molecule has 35 heavy (non-hydrogen) atoms. The Balaban J connectivity index is 1.78. The Morgan fingerprint density at radius 3 is 2.54 bits per heavy atom. The summed E-state index contributed by atoms with van der Waals surface area (Å²) < 4.78 is 17.0. The van der Waals surface area contributed by atoms with Crippen LogP contribution in [0.2, 0.25) is 0 Å². The number of aromatic nitrogens is 1. The number of aliphatic hydroxyl groups excluding tert-OH is 1. The Morgan fingerprint density at radius 2 is 1.86 bits per heavy atom. The van der Waals surface area contributed by atoms with Crippen LogP contribution in [0.25, 0.3) is 17.0 Å². The molecule has 0 atom stereocenters. The summed E-state index contributed by atoms with van der Waals surface area (Å²) in [6.45, 7) is 1.91. The van der Waals surface area contributed by atoms with Crippen molar-refractivity contribution in [2.75, 3.05) is 20.8 Å². The third kappa shape index (κ3) is 5.09. The topological polar surface area (TPSA) is 99.4 Å². The maximum absolute atomic E-state index is 12.7. The normalized spacial score (nSPS) is 15.7. The molecule has 2 heterocycles. The monoisotopic (exact) mass is 492 g/mol. The number of carbonyl (C=O) groups excluding carboxylic acids is 2. The van der Waals surface area contributed by atoms with Gasteiger partial charge in [0, 0.05) is 22.7 Å². The molecule has 9 heteroatoms. The molecule has 0 fully saturated rings. The van der Waals surface area contributed by atoms with Crippen molar-refractivity contribution in [2.24, 2.45) is 4.99 Å². The number of esters is 2. The number of aliphatic hydroxyl groups is 1. The minimum absolute atomic E-state index is 0.0113. The quantitative estimate of drug-likeness (QED) is 0.463. The summed E-state index contributed by atoms with van der Waals surface area (Å²) >= 11 is 1.17. The van der Waals surface area contributed by atoms with Crippen molar-refractivity contribution in [3.05, 3.63) is 76.5 Å². The van der Waals surface area contributed by atoms with Crippen molar-refractivity contribution in [2.45, 2.75) is 13.5 Å². The largest absolute Gasteiger partial charge is 0.506 e. The summed E-state index contributed by atoms with van der Waals surface area (Å²) in [6.07, 6.45) is 3.58. The Labute approximate surface area is 206 Å². The van der Waals surface area contributed by atoms with Crippen LogP contribution < -0.4 is 4.74 Å². The highest BCUT2D eigenvalue weighted by Gasteiger charge is 2.33. The van der Waals surface area contributed by atoms with Gasteiger partial charge >= 0.3 is 11.9 Å². The SMILES string of the molecule is CCOC(=O)C1=C(O)/C(=C/c2cn(CC(=O)OC)c3ccccc23)SC1=Nc1ccc(OC)cc1. The van der Waals surface area contributed by atoms with Crippen LogP contribution in [-0.2, 0) is 25.6 Å². The zero-order chi connectivity index (χ0) is 24.9. The maximum atomic E-state index is 12.7. The van der Waals surface area contributed by atoms with E-state index in [9.17, 15) is 14.7 Å². The molecule has 1 N–H and O–H groups in total. The molecule has 1 aromatic heterocycles. The highest BCUT2D eigenvalue weighted by atomic mass is 32.2. The molecule has 1 aliphatic rings. The van der Waals surface area contributed by atoms with E-state index in [4.69, 9.17) is 14.2 Å². The zero-order valence-electron chi connectivity index (χ0n) is 19.5. The number of aliphatic imine (C=N–C) groups is 1. The van der Waals surface area contributed by atoms with Crippen molar-refractivity contribution in [1.82, 2.24) is 4.57 Å². The number of rotatable bonds is 7. The van der Waals surface area contributed by atoms with Gasteiger partial charge in [-0.05, 0) is 43.3 Å². The molecular formula is C26H24N2O6S. The summed E-state index contributed by atoms with van der Waals surface area (Å²) in [5, 5.41) is 12.2. The molecule has 1 aliphatic heterocycles. The number of nitrogens with zero attached hydrogens (tertiary/aromatic N) is 2. The minimum atomic E-state index is -0.652. The van der Waals surface area contributed by atoms with Crippen molar-refractivity contribution in [3.63, 3.8) is 0 Å². The van der Waals surface area contributed by atoms with Crippen molar-refractivity contribution < 1.29 is 28.9 Å². The number of benzene rings is 2. The molecule has 4 rings (SSSR count). The first-order valence-electron chi connectivity index (χ1n) is 10.8. The third-order valence-electron chi connectivity index (χ3n) is 5.31. The van der Waals surface area contributed by atoms with E-state index in [1.807, 2.05) is 30.5 Å². The fraction of sp³-hybridized carbons (Fsp3) is 0.192. The summed E-state index contributed by atoms with van der Waals surface area (Å²) in [4.78, 5) is 29.6. The lowest BCUT2D eigenvalue weighted by molar-refractivity contribution is -0.141. The van der Waals surface area contributed by atoms with Gasteiger partial charge in [-0.25, -0.2) is 9.79 Å². The number of thioether (sulfide) groups is 1. The van der Waals surface area contributed by atoms with Gasteiger partial charge in [-0.2, -0.15) is 0 Å². The maximum Gasteiger partial charge on any atom is 0.344 e. The van der Waals surface area contributed by atoms with Crippen molar-refractivity contribution in [3.8, 4) is 5.75 Å². The molecule has 0 spiro atoms. The summed E-state index contributed by atoms with van der Waals surface area (Å²) in [5.41, 5.74) is 2.22. The third-order valence-corrected chi connectivity index (χ3v) is 6.33. The van der Waals surface area contributed by atoms with E-state index in [0.717, 1.165) is 16.5 Å². The average molecular weight is 493 g/mol. The van der Waals surface area contributed by atoms with Crippen molar-refractivity contribution >= 4 is 51.4 Å². The van der Waals surface area contributed by atoms with Crippen LogP contribution in [0.3, 0.4) is 0 Å². The lowest BCUT2D eigenvalue weighted by Gasteiger charge is -2.04. The van der Waals surface area contributed by atoms with E-state index in [0.29, 0.717) is 21.4 Å². The number of ether oxygens (including phenoxy) is 3. The molecule has 0 amide bonds. The number of fused-ring (bicyclic) bond motifs is 1. The predicted octanol–water partition coefficient (Wildman–Crippen LogP) is 5.02. The molecule has 0 radical (unpaired) electrons. The Kier molecular flexibility index (Phi) is 7.26. The van der Waals surface area contributed by atoms with Gasteiger partial charge in [-0.1, -0.05) is 30.0 Å². The van der Waals surface area contributed by atoms with Gasteiger partial charge in [0.2, 0.25) is 0 Å². The van der Waals surface area contributed by atoms with Crippen LogP contribution in [0.4, 0.5) is 5.69 Å². The van der Waals surface area contributed by atoms with Crippen LogP contribution in [0.15, 0.2) is 76.0 Å². The molecule has 0 saturated carbocycles. The van der Waals surface area contributed by atoms with Crippen LogP contribution in [0, 0.1) is 0 Å². The second-order valence-corrected chi connectivity index (χ2v) is 8.51. The van der Waals surface area contributed by atoms with Crippen LogP contribution in [0.1, 0.15) is 12.5 Å². The van der Waals surface area contributed by atoms with Gasteiger partial charge in [-0.3, -0.25) is 4.79 Å². The molecule has 2 aromatic carbocycles. The van der Waals surface area contributed by atoms with Gasteiger partial charge < -0.3 is 23.9 Å². The van der Waals surface area contributed by atoms with E-state index in [2.05, 4.69) is 4.99 Å². The smallest absolute Gasteiger partial charge is 0.344 e. The van der Waals surface area contributed by atoms with Gasteiger partial charge in [0.1, 0.15) is 28.7 Å². The number of para-hydroxylation sites is 1.